The van der Waals surface area contributed by atoms with Gasteiger partial charge in [0.25, 0.3) is 5.56 Å². The molecule has 3 aromatic rings. The summed E-state index contributed by atoms with van der Waals surface area (Å²) in [6.45, 7) is 4.25. The Bertz CT molecular complexity index is 1090. The van der Waals surface area contributed by atoms with Crippen LogP contribution in [0.25, 0.3) is 21.8 Å². The van der Waals surface area contributed by atoms with Gasteiger partial charge in [-0.2, -0.15) is 4.98 Å². The van der Waals surface area contributed by atoms with Crippen molar-refractivity contribution in [1.29, 1.82) is 0 Å². The van der Waals surface area contributed by atoms with Gasteiger partial charge in [-0.15, -0.1) is 0 Å². The summed E-state index contributed by atoms with van der Waals surface area (Å²) in [7, 11) is 0. The molecule has 1 saturated carbocycles. The van der Waals surface area contributed by atoms with Crippen LogP contribution in [0.2, 0.25) is 5.02 Å². The fourth-order valence-corrected chi connectivity index (χ4v) is 4.52. The topological polar surface area (TPSA) is 80.0 Å². The third kappa shape index (κ3) is 3.96. The van der Waals surface area contributed by atoms with E-state index in [1.807, 2.05) is 6.07 Å². The number of nitrogens with zero attached hydrogens (tertiary/aromatic N) is 3. The molecular weight excluding hydrogens is 388 g/mol. The van der Waals surface area contributed by atoms with Crippen molar-refractivity contribution >= 4 is 39.4 Å². The molecule has 1 fully saturated rings. The van der Waals surface area contributed by atoms with E-state index >= 15 is 0 Å². The van der Waals surface area contributed by atoms with Crippen molar-refractivity contribution in [1.82, 2.24) is 14.5 Å². The Hall–Kier alpha value is -2.18. The van der Waals surface area contributed by atoms with Crippen LogP contribution in [0.15, 0.2) is 29.2 Å². The molecule has 2 aromatic heterocycles. The van der Waals surface area contributed by atoms with Gasteiger partial charge in [0.15, 0.2) is 0 Å². The van der Waals surface area contributed by atoms with Gasteiger partial charge in [-0.25, -0.2) is 4.98 Å². The average molecular weight is 415 g/mol. The minimum absolute atomic E-state index is 0.00703. The Morgan fingerprint density at radius 3 is 2.72 bits per heavy atom. The molecule has 2 heterocycles. The first-order valence-electron chi connectivity index (χ1n) is 10.4. The van der Waals surface area contributed by atoms with E-state index in [1.165, 1.54) is 0 Å². The maximum atomic E-state index is 13.5. The summed E-state index contributed by atoms with van der Waals surface area (Å²) in [6, 6.07) is 5.64. The first kappa shape index (κ1) is 20.1. The lowest BCUT2D eigenvalue weighted by Gasteiger charge is -2.28. The van der Waals surface area contributed by atoms with Gasteiger partial charge in [-0.05, 0) is 56.5 Å². The van der Waals surface area contributed by atoms with Crippen LogP contribution in [-0.2, 0) is 0 Å². The molecule has 2 N–H and O–H groups in total. The van der Waals surface area contributed by atoms with Crippen LogP contribution in [0.4, 0.5) is 5.95 Å². The molecule has 0 radical (unpaired) electrons. The summed E-state index contributed by atoms with van der Waals surface area (Å²) in [5.41, 5.74) is 0.565. The fraction of sp³-hybridized carbons (Fsp3) is 0.500. The van der Waals surface area contributed by atoms with Gasteiger partial charge in [0.05, 0.1) is 6.10 Å². The number of aliphatic hydroxyl groups is 1. The molecule has 1 atom stereocenters. The van der Waals surface area contributed by atoms with Crippen LogP contribution in [-0.4, -0.2) is 31.8 Å². The first-order chi connectivity index (χ1) is 14.0. The van der Waals surface area contributed by atoms with Crippen molar-refractivity contribution in [3.63, 3.8) is 0 Å². The average Bonchev–Trinajstić information content (AvgIpc) is 2.70. The second-order valence-corrected chi connectivity index (χ2v) is 8.53. The van der Waals surface area contributed by atoms with Gasteiger partial charge >= 0.3 is 0 Å². The molecule has 6 nitrogen and oxygen atoms in total. The SMILES string of the molecule is CCCC(C)Nc1ncc2c3ccc(Cl)cc3c(=O)n(C3CCC(O)CC3)c2n1. The molecule has 0 amide bonds. The summed E-state index contributed by atoms with van der Waals surface area (Å²) in [5, 5.41) is 16.0. The molecule has 1 aliphatic carbocycles. The monoisotopic (exact) mass is 414 g/mol. The Morgan fingerprint density at radius 2 is 2.00 bits per heavy atom. The van der Waals surface area contributed by atoms with Crippen molar-refractivity contribution < 1.29 is 5.11 Å². The number of benzene rings is 1. The molecule has 1 aromatic carbocycles. The van der Waals surface area contributed by atoms with E-state index in [4.69, 9.17) is 16.6 Å². The zero-order valence-corrected chi connectivity index (χ0v) is 17.6. The van der Waals surface area contributed by atoms with Gasteiger partial charge in [0, 0.05) is 34.1 Å². The highest BCUT2D eigenvalue weighted by molar-refractivity contribution is 6.31. The van der Waals surface area contributed by atoms with E-state index in [2.05, 4.69) is 24.1 Å². The summed E-state index contributed by atoms with van der Waals surface area (Å²) in [4.78, 5) is 22.8. The van der Waals surface area contributed by atoms with Crippen LogP contribution < -0.4 is 10.9 Å². The van der Waals surface area contributed by atoms with E-state index in [0.29, 0.717) is 34.8 Å². The zero-order valence-electron chi connectivity index (χ0n) is 16.9. The molecule has 0 bridgehead atoms. The van der Waals surface area contributed by atoms with Crippen molar-refractivity contribution in [3.8, 4) is 0 Å². The minimum atomic E-state index is -0.287. The number of hydrogen-bond donors (Lipinski definition) is 2. The van der Waals surface area contributed by atoms with E-state index in [1.54, 1.807) is 22.9 Å². The third-order valence-electron chi connectivity index (χ3n) is 5.85. The van der Waals surface area contributed by atoms with Crippen molar-refractivity contribution in [2.45, 2.75) is 70.6 Å². The van der Waals surface area contributed by atoms with Gasteiger partial charge in [0.2, 0.25) is 5.95 Å². The number of aromatic nitrogens is 3. The van der Waals surface area contributed by atoms with Crippen molar-refractivity contribution in [3.05, 3.63) is 39.8 Å². The number of nitrogens with one attached hydrogen (secondary N) is 1. The molecule has 0 spiro atoms. The normalized spacial score (nSPS) is 20.8. The second kappa shape index (κ2) is 8.28. The molecular formula is C22H27ClN4O2. The number of aliphatic hydroxyl groups excluding tert-OH is 1. The molecule has 29 heavy (non-hydrogen) atoms. The van der Waals surface area contributed by atoms with Crippen LogP contribution in [0.3, 0.4) is 0 Å². The lowest BCUT2D eigenvalue weighted by atomic mass is 9.92. The number of rotatable bonds is 5. The summed E-state index contributed by atoms with van der Waals surface area (Å²) in [6.07, 6.45) is 6.49. The second-order valence-electron chi connectivity index (χ2n) is 8.09. The van der Waals surface area contributed by atoms with Crippen LogP contribution in [0.5, 0.6) is 0 Å². The number of fused-ring (bicyclic) bond motifs is 3. The summed E-state index contributed by atoms with van der Waals surface area (Å²) >= 11 is 6.19. The van der Waals surface area contributed by atoms with Crippen molar-refractivity contribution in [2.24, 2.45) is 0 Å². The Kier molecular flexibility index (Phi) is 5.74. The number of halogens is 1. The van der Waals surface area contributed by atoms with Gasteiger partial charge in [0.1, 0.15) is 5.65 Å². The van der Waals surface area contributed by atoms with Gasteiger partial charge in [-0.1, -0.05) is 31.0 Å². The predicted octanol–water partition coefficient (Wildman–Crippen LogP) is 4.67. The quantitative estimate of drug-likeness (QED) is 0.593. The molecule has 7 heteroatoms. The molecule has 1 unspecified atom stereocenters. The number of hydrogen-bond acceptors (Lipinski definition) is 5. The van der Waals surface area contributed by atoms with Crippen LogP contribution in [0, 0.1) is 0 Å². The third-order valence-corrected chi connectivity index (χ3v) is 6.08. The maximum absolute atomic E-state index is 13.5. The van der Waals surface area contributed by atoms with E-state index < -0.39 is 0 Å². The van der Waals surface area contributed by atoms with Gasteiger partial charge in [-0.3, -0.25) is 9.36 Å². The maximum Gasteiger partial charge on any atom is 0.260 e. The molecule has 0 saturated heterocycles. The fourth-order valence-electron chi connectivity index (χ4n) is 4.35. The smallest absolute Gasteiger partial charge is 0.260 e. The highest BCUT2D eigenvalue weighted by atomic mass is 35.5. The predicted molar refractivity (Wildman–Crippen MR) is 118 cm³/mol. The minimum Gasteiger partial charge on any atom is -0.393 e. The largest absolute Gasteiger partial charge is 0.393 e. The zero-order chi connectivity index (χ0) is 20.5. The summed E-state index contributed by atoms with van der Waals surface area (Å²) in [5.74, 6) is 0.538. The lowest BCUT2D eigenvalue weighted by Crippen LogP contribution is -2.30. The van der Waals surface area contributed by atoms with Crippen LogP contribution in [0.1, 0.15) is 58.4 Å². The number of pyridine rings is 1. The van der Waals surface area contributed by atoms with E-state index in [9.17, 15) is 9.90 Å². The van der Waals surface area contributed by atoms with Crippen LogP contribution >= 0.6 is 11.6 Å². The highest BCUT2D eigenvalue weighted by Crippen LogP contribution is 2.32. The molecule has 1 aliphatic rings. The van der Waals surface area contributed by atoms with Crippen molar-refractivity contribution in [2.75, 3.05) is 5.32 Å². The number of anilines is 1. The Balaban J connectivity index is 1.92. The van der Waals surface area contributed by atoms with E-state index in [0.717, 1.165) is 36.5 Å². The molecule has 4 rings (SSSR count). The first-order valence-corrected chi connectivity index (χ1v) is 10.8. The lowest BCUT2D eigenvalue weighted by molar-refractivity contribution is 0.111. The Morgan fingerprint density at radius 1 is 1.24 bits per heavy atom. The summed E-state index contributed by atoms with van der Waals surface area (Å²) < 4.78 is 1.80. The standard InChI is InChI=1S/C22H27ClN4O2/c1-3-4-13(2)25-22-24-12-19-17-10-5-14(23)11-18(17)21(29)27(20(19)26-22)15-6-8-16(28)9-7-15/h5,10-13,15-16,28H,3-4,6-9H2,1-2H3,(H,24,25,26). The Labute approximate surface area is 174 Å². The molecule has 154 valence electrons. The van der Waals surface area contributed by atoms with Gasteiger partial charge < -0.3 is 10.4 Å². The highest BCUT2D eigenvalue weighted by Gasteiger charge is 2.25. The van der Waals surface area contributed by atoms with E-state index in [-0.39, 0.29) is 23.7 Å². The molecule has 0 aliphatic heterocycles.